The van der Waals surface area contributed by atoms with Crippen molar-refractivity contribution in [1.29, 1.82) is 0 Å². The van der Waals surface area contributed by atoms with Crippen molar-refractivity contribution in [1.82, 2.24) is 10.2 Å². The first-order valence-corrected chi connectivity index (χ1v) is 8.82. The quantitative estimate of drug-likeness (QED) is 0.627. The Labute approximate surface area is 164 Å². The number of rotatable bonds is 4. The molecule has 2 aromatic carbocycles. The lowest BCUT2D eigenvalue weighted by atomic mass is 9.91. The molecule has 0 bridgehead atoms. The average Bonchev–Trinajstić information content (AvgIpc) is 2.93. The summed E-state index contributed by atoms with van der Waals surface area (Å²) >= 11 is 0. The standard InChI is InChI=1S/C20H16F2N2O5/c1-20(12-3-5-16-17(9-12)29-7-6-28-16)18(26)24(19(27)23-20)10-15(25)11-2-4-13(21)14(22)8-11/h2-5,8-9H,6-7,10H2,1H3,(H,23,27)/t20-/m0/s1. The van der Waals surface area contributed by atoms with E-state index >= 15 is 0 Å². The van der Waals surface area contributed by atoms with E-state index in [4.69, 9.17) is 9.47 Å². The van der Waals surface area contributed by atoms with Crippen LogP contribution < -0.4 is 14.8 Å². The molecule has 4 rings (SSSR count). The van der Waals surface area contributed by atoms with Crippen LogP contribution in [0.4, 0.5) is 13.6 Å². The van der Waals surface area contributed by atoms with Gasteiger partial charge in [-0.15, -0.1) is 0 Å². The maximum Gasteiger partial charge on any atom is 0.325 e. The lowest BCUT2D eigenvalue weighted by Crippen LogP contribution is -2.41. The highest BCUT2D eigenvalue weighted by Gasteiger charge is 2.49. The third-order valence-electron chi connectivity index (χ3n) is 4.94. The summed E-state index contributed by atoms with van der Waals surface area (Å²) < 4.78 is 37.4. The molecule has 0 spiro atoms. The summed E-state index contributed by atoms with van der Waals surface area (Å²) in [6.07, 6.45) is 0. The lowest BCUT2D eigenvalue weighted by molar-refractivity contribution is -0.130. The number of ether oxygens (including phenoxy) is 2. The molecule has 0 aliphatic carbocycles. The van der Waals surface area contributed by atoms with Crippen molar-refractivity contribution in [2.45, 2.75) is 12.5 Å². The second-order valence-electron chi connectivity index (χ2n) is 6.86. The van der Waals surface area contributed by atoms with Gasteiger partial charge in [-0.1, -0.05) is 6.07 Å². The Balaban J connectivity index is 1.58. The molecule has 1 saturated heterocycles. The number of ketones is 1. The Morgan fingerprint density at radius 3 is 2.52 bits per heavy atom. The Morgan fingerprint density at radius 1 is 1.07 bits per heavy atom. The molecular formula is C20H16F2N2O5. The first-order chi connectivity index (χ1) is 13.8. The van der Waals surface area contributed by atoms with Crippen molar-refractivity contribution >= 4 is 17.7 Å². The highest BCUT2D eigenvalue weighted by atomic mass is 19.2. The van der Waals surface area contributed by atoms with E-state index in [1.165, 1.54) is 6.92 Å². The fraction of sp³-hybridized carbons (Fsp3) is 0.250. The fourth-order valence-corrected chi connectivity index (χ4v) is 3.30. The van der Waals surface area contributed by atoms with Crippen molar-refractivity contribution in [3.05, 3.63) is 59.2 Å². The van der Waals surface area contributed by atoms with Gasteiger partial charge in [0.1, 0.15) is 18.8 Å². The van der Waals surface area contributed by atoms with Gasteiger partial charge in [-0.3, -0.25) is 14.5 Å². The van der Waals surface area contributed by atoms with E-state index in [1.54, 1.807) is 18.2 Å². The van der Waals surface area contributed by atoms with Crippen LogP contribution in [0.25, 0.3) is 0 Å². The van der Waals surface area contributed by atoms with Gasteiger partial charge in [-0.2, -0.15) is 0 Å². The minimum Gasteiger partial charge on any atom is -0.486 e. The monoisotopic (exact) mass is 402 g/mol. The predicted molar refractivity (Wildman–Crippen MR) is 95.7 cm³/mol. The molecular weight excluding hydrogens is 386 g/mol. The number of urea groups is 1. The average molecular weight is 402 g/mol. The summed E-state index contributed by atoms with van der Waals surface area (Å²) in [5, 5.41) is 2.59. The molecule has 29 heavy (non-hydrogen) atoms. The van der Waals surface area contributed by atoms with Crippen molar-refractivity contribution in [2.24, 2.45) is 0 Å². The van der Waals surface area contributed by atoms with Crippen LogP contribution in [-0.2, 0) is 10.3 Å². The number of imide groups is 1. The predicted octanol–water partition coefficient (Wildman–Crippen LogP) is 2.39. The summed E-state index contributed by atoms with van der Waals surface area (Å²) in [5.41, 5.74) is -1.10. The Morgan fingerprint density at radius 2 is 1.79 bits per heavy atom. The van der Waals surface area contributed by atoms with Crippen LogP contribution in [0.5, 0.6) is 11.5 Å². The van der Waals surface area contributed by atoms with Crippen molar-refractivity contribution in [3.8, 4) is 11.5 Å². The Kier molecular flexibility index (Phi) is 4.45. The van der Waals surface area contributed by atoms with E-state index in [9.17, 15) is 23.2 Å². The molecule has 9 heteroatoms. The van der Waals surface area contributed by atoms with Gasteiger partial charge >= 0.3 is 6.03 Å². The van der Waals surface area contributed by atoms with Crippen LogP contribution >= 0.6 is 0 Å². The number of halogens is 2. The fourth-order valence-electron chi connectivity index (χ4n) is 3.30. The number of nitrogens with zero attached hydrogens (tertiary/aromatic N) is 1. The number of hydrogen-bond donors (Lipinski definition) is 1. The molecule has 1 atom stereocenters. The van der Waals surface area contributed by atoms with E-state index in [0.29, 0.717) is 30.3 Å². The molecule has 2 aliphatic heterocycles. The molecule has 0 aromatic heterocycles. The van der Waals surface area contributed by atoms with Crippen LogP contribution in [0.2, 0.25) is 0 Å². The van der Waals surface area contributed by atoms with E-state index in [2.05, 4.69) is 5.32 Å². The van der Waals surface area contributed by atoms with E-state index in [1.807, 2.05) is 0 Å². The SMILES string of the molecule is C[C@@]1(c2ccc3c(c2)OCCO3)NC(=O)N(CC(=O)c2ccc(F)c(F)c2)C1=O. The molecule has 3 amide bonds. The maximum atomic E-state index is 13.4. The van der Waals surface area contributed by atoms with Crippen LogP contribution in [0, 0.1) is 11.6 Å². The van der Waals surface area contributed by atoms with Crippen LogP contribution in [0.1, 0.15) is 22.8 Å². The number of nitrogens with one attached hydrogen (secondary N) is 1. The number of amides is 3. The number of carbonyl (C=O) groups is 3. The summed E-state index contributed by atoms with van der Waals surface area (Å²) in [5.74, 6) is -2.63. The summed E-state index contributed by atoms with van der Waals surface area (Å²) in [6, 6.07) is 6.76. The summed E-state index contributed by atoms with van der Waals surface area (Å²) in [6.45, 7) is 1.69. The van der Waals surface area contributed by atoms with Crippen LogP contribution in [0.15, 0.2) is 36.4 Å². The number of hydrogen-bond acceptors (Lipinski definition) is 5. The van der Waals surface area contributed by atoms with Crippen molar-refractivity contribution in [2.75, 3.05) is 19.8 Å². The van der Waals surface area contributed by atoms with Gasteiger partial charge in [-0.05, 0) is 42.8 Å². The first-order valence-electron chi connectivity index (χ1n) is 8.82. The highest BCUT2D eigenvalue weighted by Crippen LogP contribution is 2.36. The van der Waals surface area contributed by atoms with E-state index in [-0.39, 0.29) is 5.56 Å². The second-order valence-corrected chi connectivity index (χ2v) is 6.86. The minimum atomic E-state index is -1.42. The van der Waals surface area contributed by atoms with Gasteiger partial charge in [0.25, 0.3) is 5.91 Å². The molecule has 2 aliphatic rings. The Hall–Kier alpha value is -3.49. The molecule has 7 nitrogen and oxygen atoms in total. The molecule has 2 aromatic rings. The maximum absolute atomic E-state index is 13.4. The van der Waals surface area contributed by atoms with Gasteiger partial charge in [-0.25, -0.2) is 13.6 Å². The van der Waals surface area contributed by atoms with Crippen LogP contribution in [0.3, 0.4) is 0 Å². The molecule has 0 unspecified atom stereocenters. The number of carbonyl (C=O) groups excluding carboxylic acids is 3. The smallest absolute Gasteiger partial charge is 0.325 e. The lowest BCUT2D eigenvalue weighted by Gasteiger charge is -2.25. The minimum absolute atomic E-state index is 0.141. The highest BCUT2D eigenvalue weighted by molar-refractivity contribution is 6.11. The third-order valence-corrected chi connectivity index (χ3v) is 4.94. The van der Waals surface area contributed by atoms with Crippen molar-refractivity contribution in [3.63, 3.8) is 0 Å². The van der Waals surface area contributed by atoms with Crippen LogP contribution in [-0.4, -0.2) is 42.4 Å². The topological polar surface area (TPSA) is 84.9 Å². The first kappa shape index (κ1) is 18.9. The van der Waals surface area contributed by atoms with Gasteiger partial charge < -0.3 is 14.8 Å². The summed E-state index contributed by atoms with van der Waals surface area (Å²) in [7, 11) is 0. The van der Waals surface area contributed by atoms with E-state index < -0.39 is 41.4 Å². The zero-order valence-corrected chi connectivity index (χ0v) is 15.3. The summed E-state index contributed by atoms with van der Waals surface area (Å²) in [4.78, 5) is 38.5. The van der Waals surface area contributed by atoms with Crippen molar-refractivity contribution < 1.29 is 32.6 Å². The Bertz CT molecular complexity index is 1040. The molecule has 2 heterocycles. The molecule has 150 valence electrons. The van der Waals surface area contributed by atoms with E-state index in [0.717, 1.165) is 23.1 Å². The number of Topliss-reactive ketones (excluding diaryl/α,β-unsaturated/α-hetero) is 1. The molecule has 0 saturated carbocycles. The second kappa shape index (κ2) is 6.84. The van der Waals surface area contributed by atoms with Gasteiger partial charge in [0, 0.05) is 5.56 Å². The zero-order chi connectivity index (χ0) is 20.8. The number of benzene rings is 2. The normalized spacial score (nSPS) is 20.6. The number of fused-ring (bicyclic) bond motifs is 1. The molecule has 0 radical (unpaired) electrons. The molecule has 1 N–H and O–H groups in total. The molecule has 1 fully saturated rings. The zero-order valence-electron chi connectivity index (χ0n) is 15.3. The third kappa shape index (κ3) is 3.18. The largest absolute Gasteiger partial charge is 0.486 e. The van der Waals surface area contributed by atoms with Gasteiger partial charge in [0.2, 0.25) is 0 Å². The van der Waals surface area contributed by atoms with Gasteiger partial charge in [0.05, 0.1) is 6.54 Å². The van der Waals surface area contributed by atoms with Gasteiger partial charge in [0.15, 0.2) is 28.9 Å².